The number of nitrogens with zero attached hydrogens (tertiary/aromatic N) is 4. The molecule has 2 saturated heterocycles. The third kappa shape index (κ3) is 5.92. The Morgan fingerprint density at radius 2 is 1.88 bits per heavy atom. The smallest absolute Gasteiger partial charge is 0.193 e. The number of piperidine rings is 1. The van der Waals surface area contributed by atoms with Crippen LogP contribution >= 0.6 is 0 Å². The first-order valence-corrected chi connectivity index (χ1v) is 10.1. The van der Waals surface area contributed by atoms with Crippen LogP contribution in [0, 0.1) is 11.8 Å². The summed E-state index contributed by atoms with van der Waals surface area (Å²) in [5.41, 5.74) is 0. The average Bonchev–Trinajstić information content (AvgIpc) is 3.05. The summed E-state index contributed by atoms with van der Waals surface area (Å²) in [6.45, 7) is 17.0. The highest BCUT2D eigenvalue weighted by molar-refractivity contribution is 5.80. The van der Waals surface area contributed by atoms with E-state index < -0.39 is 0 Å². The highest BCUT2D eigenvalue weighted by Crippen LogP contribution is 2.19. The molecule has 2 aliphatic rings. The highest BCUT2D eigenvalue weighted by Gasteiger charge is 2.26. The van der Waals surface area contributed by atoms with Crippen LogP contribution in [0.3, 0.4) is 0 Å². The second kappa shape index (κ2) is 10.2. The maximum absolute atomic E-state index is 5.00. The zero-order valence-corrected chi connectivity index (χ0v) is 16.4. The lowest BCUT2D eigenvalue weighted by Crippen LogP contribution is -2.41. The molecule has 140 valence electrons. The number of hydrogen-bond donors (Lipinski definition) is 1. The van der Waals surface area contributed by atoms with Crippen molar-refractivity contribution in [2.45, 2.75) is 40.0 Å². The second-order valence-corrected chi connectivity index (χ2v) is 7.55. The van der Waals surface area contributed by atoms with Gasteiger partial charge in [-0.1, -0.05) is 13.8 Å². The normalized spacial score (nSPS) is 26.4. The number of nitrogens with one attached hydrogen (secondary N) is 1. The van der Waals surface area contributed by atoms with E-state index >= 15 is 0 Å². The van der Waals surface area contributed by atoms with Crippen molar-refractivity contribution in [3.63, 3.8) is 0 Å². The van der Waals surface area contributed by atoms with Gasteiger partial charge in [-0.25, -0.2) is 0 Å². The fourth-order valence-electron chi connectivity index (χ4n) is 4.08. The summed E-state index contributed by atoms with van der Waals surface area (Å²) in [4.78, 5) is 12.5. The summed E-state index contributed by atoms with van der Waals surface area (Å²) < 4.78 is 0. The molecule has 2 atom stereocenters. The molecule has 2 rings (SSSR count). The standard InChI is InChI=1S/C19H39N5/c1-5-20-19(21-13-17-9-8-11-22(4)14-17)24-12-10-18(16-24)15-23(6-2)7-3/h17-18H,5-16H2,1-4H3,(H,20,21). The first-order valence-electron chi connectivity index (χ1n) is 10.1. The molecule has 2 fully saturated rings. The molecule has 0 aromatic heterocycles. The summed E-state index contributed by atoms with van der Waals surface area (Å²) >= 11 is 0. The van der Waals surface area contributed by atoms with E-state index in [2.05, 4.69) is 47.8 Å². The van der Waals surface area contributed by atoms with E-state index in [1.807, 2.05) is 0 Å². The van der Waals surface area contributed by atoms with E-state index in [1.165, 1.54) is 38.9 Å². The van der Waals surface area contributed by atoms with E-state index in [9.17, 15) is 0 Å². The Hall–Kier alpha value is -0.810. The van der Waals surface area contributed by atoms with Crippen LogP contribution < -0.4 is 5.32 Å². The molecule has 0 amide bonds. The monoisotopic (exact) mass is 337 g/mol. The number of guanidine groups is 1. The quantitative estimate of drug-likeness (QED) is 0.569. The van der Waals surface area contributed by atoms with Crippen LogP contribution in [0.2, 0.25) is 0 Å². The first kappa shape index (κ1) is 19.5. The van der Waals surface area contributed by atoms with E-state index in [-0.39, 0.29) is 0 Å². The third-order valence-electron chi connectivity index (χ3n) is 5.55. The van der Waals surface area contributed by atoms with Gasteiger partial charge in [0.1, 0.15) is 0 Å². The molecular weight excluding hydrogens is 298 g/mol. The molecule has 0 saturated carbocycles. The number of rotatable bonds is 7. The summed E-state index contributed by atoms with van der Waals surface area (Å²) in [6.07, 6.45) is 3.95. The average molecular weight is 338 g/mol. The van der Waals surface area contributed by atoms with Gasteiger partial charge in [-0.15, -0.1) is 0 Å². The van der Waals surface area contributed by atoms with Crippen LogP contribution in [0.1, 0.15) is 40.0 Å². The molecule has 0 aromatic rings. The molecule has 5 heteroatoms. The molecule has 1 N–H and O–H groups in total. The SMILES string of the molecule is CCNC(=NCC1CCCN(C)C1)N1CCC(CN(CC)CC)C1. The van der Waals surface area contributed by atoms with Gasteiger partial charge in [-0.05, 0) is 64.7 Å². The Bertz CT molecular complexity index is 380. The van der Waals surface area contributed by atoms with E-state index in [4.69, 9.17) is 4.99 Å². The van der Waals surface area contributed by atoms with Gasteiger partial charge in [0.25, 0.3) is 0 Å². The highest BCUT2D eigenvalue weighted by atomic mass is 15.3. The lowest BCUT2D eigenvalue weighted by molar-refractivity contribution is 0.214. The van der Waals surface area contributed by atoms with Gasteiger partial charge in [-0.3, -0.25) is 4.99 Å². The molecule has 24 heavy (non-hydrogen) atoms. The van der Waals surface area contributed by atoms with Crippen molar-refractivity contribution in [3.8, 4) is 0 Å². The first-order chi connectivity index (χ1) is 11.7. The van der Waals surface area contributed by atoms with E-state index in [1.54, 1.807) is 0 Å². The topological polar surface area (TPSA) is 34.1 Å². The minimum atomic E-state index is 0.728. The molecule has 2 heterocycles. The Morgan fingerprint density at radius 1 is 1.08 bits per heavy atom. The number of likely N-dealkylation sites (tertiary alicyclic amines) is 2. The van der Waals surface area contributed by atoms with Crippen molar-refractivity contribution in [3.05, 3.63) is 0 Å². The van der Waals surface area contributed by atoms with E-state index in [0.29, 0.717) is 0 Å². The van der Waals surface area contributed by atoms with Crippen molar-refractivity contribution in [2.24, 2.45) is 16.8 Å². The molecule has 0 spiro atoms. The van der Waals surface area contributed by atoms with Crippen LogP contribution in [-0.2, 0) is 0 Å². The van der Waals surface area contributed by atoms with Crippen molar-refractivity contribution in [2.75, 3.05) is 66.0 Å². The van der Waals surface area contributed by atoms with Gasteiger partial charge in [0.05, 0.1) is 0 Å². The largest absolute Gasteiger partial charge is 0.357 e. The summed E-state index contributed by atoms with van der Waals surface area (Å²) in [5.74, 6) is 2.66. The molecule has 2 aliphatic heterocycles. The lowest BCUT2D eigenvalue weighted by atomic mass is 9.99. The van der Waals surface area contributed by atoms with Crippen LogP contribution in [0.25, 0.3) is 0 Å². The zero-order chi connectivity index (χ0) is 17.4. The summed E-state index contributed by atoms with van der Waals surface area (Å²) in [6, 6.07) is 0. The van der Waals surface area contributed by atoms with Crippen LogP contribution in [0.15, 0.2) is 4.99 Å². The second-order valence-electron chi connectivity index (χ2n) is 7.55. The minimum Gasteiger partial charge on any atom is -0.357 e. The zero-order valence-electron chi connectivity index (χ0n) is 16.4. The molecule has 5 nitrogen and oxygen atoms in total. The van der Waals surface area contributed by atoms with Gasteiger partial charge < -0.3 is 20.0 Å². The molecular formula is C19H39N5. The van der Waals surface area contributed by atoms with Gasteiger partial charge in [0, 0.05) is 39.3 Å². The predicted molar refractivity (Wildman–Crippen MR) is 104 cm³/mol. The Labute approximate surface area is 149 Å². The maximum atomic E-state index is 5.00. The maximum Gasteiger partial charge on any atom is 0.193 e. The van der Waals surface area contributed by atoms with Crippen molar-refractivity contribution in [1.82, 2.24) is 20.0 Å². The molecule has 0 aliphatic carbocycles. The Morgan fingerprint density at radius 3 is 2.54 bits per heavy atom. The molecule has 2 unspecified atom stereocenters. The third-order valence-corrected chi connectivity index (χ3v) is 5.55. The summed E-state index contributed by atoms with van der Waals surface area (Å²) in [7, 11) is 2.24. The Kier molecular flexibility index (Phi) is 8.33. The van der Waals surface area contributed by atoms with Gasteiger partial charge in [-0.2, -0.15) is 0 Å². The number of aliphatic imine (C=N–C) groups is 1. The minimum absolute atomic E-state index is 0.728. The molecule has 0 aromatic carbocycles. The van der Waals surface area contributed by atoms with Crippen LogP contribution in [0.5, 0.6) is 0 Å². The predicted octanol–water partition coefficient (Wildman–Crippen LogP) is 1.96. The molecule has 0 radical (unpaired) electrons. The Balaban J connectivity index is 1.86. The number of hydrogen-bond acceptors (Lipinski definition) is 3. The van der Waals surface area contributed by atoms with Gasteiger partial charge >= 0.3 is 0 Å². The molecule has 0 bridgehead atoms. The van der Waals surface area contributed by atoms with Crippen molar-refractivity contribution in [1.29, 1.82) is 0 Å². The van der Waals surface area contributed by atoms with Gasteiger partial charge in [0.2, 0.25) is 0 Å². The summed E-state index contributed by atoms with van der Waals surface area (Å²) in [5, 5.41) is 3.53. The van der Waals surface area contributed by atoms with Crippen LogP contribution in [0.4, 0.5) is 0 Å². The fraction of sp³-hybridized carbons (Fsp3) is 0.947. The van der Waals surface area contributed by atoms with E-state index in [0.717, 1.165) is 57.1 Å². The fourth-order valence-corrected chi connectivity index (χ4v) is 4.08. The van der Waals surface area contributed by atoms with Crippen molar-refractivity contribution < 1.29 is 0 Å². The van der Waals surface area contributed by atoms with Crippen molar-refractivity contribution >= 4 is 5.96 Å². The lowest BCUT2D eigenvalue weighted by Gasteiger charge is -2.29. The van der Waals surface area contributed by atoms with Crippen LogP contribution in [-0.4, -0.2) is 86.6 Å². The van der Waals surface area contributed by atoms with Gasteiger partial charge in [0.15, 0.2) is 5.96 Å².